The van der Waals surface area contributed by atoms with Gasteiger partial charge in [-0.3, -0.25) is 0 Å². The summed E-state index contributed by atoms with van der Waals surface area (Å²) in [6.07, 6.45) is 4.66. The zero-order valence-corrected chi connectivity index (χ0v) is 10.3. The zero-order valence-electron chi connectivity index (χ0n) is 9.45. The van der Waals surface area contributed by atoms with Crippen LogP contribution in [0.2, 0.25) is 0 Å². The number of rotatable bonds is 4. The first kappa shape index (κ1) is 11.9. The number of sulfonamides is 1. The molecule has 5 heteroatoms. The van der Waals surface area contributed by atoms with Crippen LogP contribution in [0.15, 0.2) is 0 Å². The van der Waals surface area contributed by atoms with Crippen LogP contribution in [0.1, 0.15) is 19.3 Å². The zero-order chi connectivity index (χ0) is 11.0. The standard InChI is InChI=1S/C9H20N2O2S/c1-10(2)9(6-5-7-9)8-11(3)14(4,12)13/h5-8H2,1-4H3. The second-order valence-corrected chi connectivity index (χ2v) is 6.58. The van der Waals surface area contributed by atoms with Gasteiger partial charge in [-0.2, -0.15) is 0 Å². The van der Waals surface area contributed by atoms with Gasteiger partial charge in [0, 0.05) is 19.1 Å². The summed E-state index contributed by atoms with van der Waals surface area (Å²) in [5, 5.41) is 0. The molecule has 0 aliphatic heterocycles. The number of hydrogen-bond acceptors (Lipinski definition) is 3. The fourth-order valence-corrected chi connectivity index (χ4v) is 2.34. The summed E-state index contributed by atoms with van der Waals surface area (Å²) in [5.74, 6) is 0. The van der Waals surface area contributed by atoms with Gasteiger partial charge in [-0.25, -0.2) is 12.7 Å². The van der Waals surface area contributed by atoms with Crippen molar-refractivity contribution in [3.8, 4) is 0 Å². The first-order chi connectivity index (χ1) is 6.28. The lowest BCUT2D eigenvalue weighted by atomic mass is 9.75. The Morgan fingerprint density at radius 1 is 1.21 bits per heavy atom. The molecule has 4 nitrogen and oxygen atoms in total. The summed E-state index contributed by atoms with van der Waals surface area (Å²) in [6.45, 7) is 0.610. The maximum absolute atomic E-state index is 11.3. The molecule has 0 aromatic heterocycles. The third kappa shape index (κ3) is 2.27. The SMILES string of the molecule is CN(C)C1(CN(C)S(C)(=O)=O)CCC1. The molecule has 0 spiro atoms. The number of nitrogens with zero attached hydrogens (tertiary/aromatic N) is 2. The van der Waals surface area contributed by atoms with Gasteiger partial charge in [-0.15, -0.1) is 0 Å². The molecular weight excluding hydrogens is 200 g/mol. The monoisotopic (exact) mass is 220 g/mol. The Morgan fingerprint density at radius 3 is 1.93 bits per heavy atom. The Labute approximate surface area is 86.9 Å². The van der Waals surface area contributed by atoms with Crippen molar-refractivity contribution in [1.82, 2.24) is 9.21 Å². The minimum atomic E-state index is -3.04. The fraction of sp³-hybridized carbons (Fsp3) is 1.00. The van der Waals surface area contributed by atoms with Crippen LogP contribution in [0.5, 0.6) is 0 Å². The molecule has 0 saturated heterocycles. The number of hydrogen-bond donors (Lipinski definition) is 0. The molecule has 0 N–H and O–H groups in total. The lowest BCUT2D eigenvalue weighted by Crippen LogP contribution is -2.57. The maximum Gasteiger partial charge on any atom is 0.211 e. The molecular formula is C9H20N2O2S. The van der Waals surface area contributed by atoms with Gasteiger partial charge in [-0.05, 0) is 33.4 Å². The second kappa shape index (κ2) is 3.79. The third-order valence-corrected chi connectivity index (χ3v) is 4.58. The van der Waals surface area contributed by atoms with E-state index < -0.39 is 10.0 Å². The minimum absolute atomic E-state index is 0.0812. The fourth-order valence-electron chi connectivity index (χ4n) is 1.86. The van der Waals surface area contributed by atoms with E-state index >= 15 is 0 Å². The van der Waals surface area contributed by atoms with Crippen LogP contribution >= 0.6 is 0 Å². The molecule has 0 amide bonds. The first-order valence-corrected chi connectivity index (χ1v) is 6.71. The maximum atomic E-state index is 11.3. The highest BCUT2D eigenvalue weighted by atomic mass is 32.2. The van der Waals surface area contributed by atoms with Crippen molar-refractivity contribution >= 4 is 10.0 Å². The van der Waals surface area contributed by atoms with Crippen LogP contribution in [0.4, 0.5) is 0 Å². The lowest BCUT2D eigenvalue weighted by Gasteiger charge is -2.48. The average Bonchev–Trinajstić information content (AvgIpc) is 1.93. The van der Waals surface area contributed by atoms with Gasteiger partial charge in [-0.1, -0.05) is 0 Å². The molecule has 84 valence electrons. The average molecular weight is 220 g/mol. The number of likely N-dealkylation sites (N-methyl/N-ethyl adjacent to an activating group) is 2. The van der Waals surface area contributed by atoms with Crippen LogP contribution in [0.3, 0.4) is 0 Å². The van der Waals surface area contributed by atoms with Crippen LogP contribution in [-0.2, 0) is 10.0 Å². The quantitative estimate of drug-likeness (QED) is 0.687. The lowest BCUT2D eigenvalue weighted by molar-refractivity contribution is 0.0456. The molecule has 0 aromatic rings. The van der Waals surface area contributed by atoms with Gasteiger partial charge in [0.1, 0.15) is 0 Å². The van der Waals surface area contributed by atoms with Crippen molar-refractivity contribution < 1.29 is 8.42 Å². The predicted octanol–water partition coefficient (Wildman–Crippen LogP) is 0.362. The highest BCUT2D eigenvalue weighted by molar-refractivity contribution is 7.88. The van der Waals surface area contributed by atoms with Crippen molar-refractivity contribution in [3.63, 3.8) is 0 Å². The van der Waals surface area contributed by atoms with Gasteiger partial charge in [0.25, 0.3) is 0 Å². The molecule has 1 fully saturated rings. The third-order valence-electron chi connectivity index (χ3n) is 3.32. The van der Waals surface area contributed by atoms with E-state index in [0.29, 0.717) is 6.54 Å². The van der Waals surface area contributed by atoms with E-state index in [0.717, 1.165) is 12.8 Å². The van der Waals surface area contributed by atoms with Crippen molar-refractivity contribution in [1.29, 1.82) is 0 Å². The van der Waals surface area contributed by atoms with E-state index in [1.807, 2.05) is 14.1 Å². The van der Waals surface area contributed by atoms with Crippen LogP contribution < -0.4 is 0 Å². The van der Waals surface area contributed by atoms with E-state index in [9.17, 15) is 8.42 Å². The second-order valence-electron chi connectivity index (χ2n) is 4.49. The first-order valence-electron chi connectivity index (χ1n) is 4.87. The molecule has 14 heavy (non-hydrogen) atoms. The van der Waals surface area contributed by atoms with Gasteiger partial charge in [0.15, 0.2) is 0 Å². The molecule has 1 saturated carbocycles. The summed E-state index contributed by atoms with van der Waals surface area (Å²) < 4.78 is 24.0. The smallest absolute Gasteiger partial charge is 0.211 e. The molecule has 1 rings (SSSR count). The Balaban J connectivity index is 2.67. The largest absolute Gasteiger partial charge is 0.302 e. The molecule has 1 aliphatic carbocycles. The predicted molar refractivity (Wildman–Crippen MR) is 57.7 cm³/mol. The van der Waals surface area contributed by atoms with Gasteiger partial charge in [0.2, 0.25) is 10.0 Å². The molecule has 0 unspecified atom stereocenters. The van der Waals surface area contributed by atoms with Crippen molar-refractivity contribution in [2.75, 3.05) is 33.9 Å². The summed E-state index contributed by atoms with van der Waals surface area (Å²) in [7, 11) is 2.66. The van der Waals surface area contributed by atoms with Gasteiger partial charge >= 0.3 is 0 Å². The Morgan fingerprint density at radius 2 is 1.71 bits per heavy atom. The van der Waals surface area contributed by atoms with E-state index in [-0.39, 0.29) is 5.54 Å². The Bertz CT molecular complexity index is 294. The van der Waals surface area contributed by atoms with Crippen molar-refractivity contribution in [3.05, 3.63) is 0 Å². The summed E-state index contributed by atoms with van der Waals surface area (Å²) in [5.41, 5.74) is 0.0812. The highest BCUT2D eigenvalue weighted by Gasteiger charge is 2.41. The van der Waals surface area contributed by atoms with Crippen LogP contribution in [0, 0.1) is 0 Å². The van der Waals surface area contributed by atoms with Crippen molar-refractivity contribution in [2.45, 2.75) is 24.8 Å². The minimum Gasteiger partial charge on any atom is -0.302 e. The van der Waals surface area contributed by atoms with Gasteiger partial charge in [0.05, 0.1) is 6.26 Å². The summed E-state index contributed by atoms with van der Waals surface area (Å²) in [4.78, 5) is 2.15. The van der Waals surface area contributed by atoms with Crippen LogP contribution in [-0.4, -0.2) is 57.1 Å². The van der Waals surface area contributed by atoms with Gasteiger partial charge < -0.3 is 4.90 Å². The van der Waals surface area contributed by atoms with Crippen LogP contribution in [0.25, 0.3) is 0 Å². The van der Waals surface area contributed by atoms with Crippen molar-refractivity contribution in [2.24, 2.45) is 0 Å². The van der Waals surface area contributed by atoms with E-state index in [4.69, 9.17) is 0 Å². The molecule has 0 heterocycles. The normalized spacial score (nSPS) is 21.3. The van der Waals surface area contributed by atoms with E-state index in [1.54, 1.807) is 7.05 Å². The van der Waals surface area contributed by atoms with E-state index in [1.165, 1.54) is 17.0 Å². The van der Waals surface area contributed by atoms with E-state index in [2.05, 4.69) is 4.90 Å². The Hall–Kier alpha value is -0.130. The molecule has 0 bridgehead atoms. The highest BCUT2D eigenvalue weighted by Crippen LogP contribution is 2.36. The molecule has 1 aliphatic rings. The molecule has 0 atom stereocenters. The molecule has 0 radical (unpaired) electrons. The summed E-state index contributed by atoms with van der Waals surface area (Å²) in [6, 6.07) is 0. The topological polar surface area (TPSA) is 40.6 Å². The molecule has 0 aromatic carbocycles. The summed E-state index contributed by atoms with van der Waals surface area (Å²) >= 11 is 0. The Kier molecular flexibility index (Phi) is 3.23.